The number of hydrogen-bond donors (Lipinski definition) is 2. The summed E-state index contributed by atoms with van der Waals surface area (Å²) >= 11 is 0. The number of rotatable bonds is 3. The molecule has 0 aliphatic heterocycles. The van der Waals surface area contributed by atoms with E-state index >= 15 is 0 Å². The van der Waals surface area contributed by atoms with Gasteiger partial charge in [-0.05, 0) is 23.6 Å². The number of nitrogens with zero attached hydrogens (tertiary/aromatic N) is 2. The third kappa shape index (κ3) is 3.05. The Labute approximate surface area is 133 Å². The molecule has 3 aromatic rings. The molecule has 7 heteroatoms. The Hall–Kier alpha value is -2.77. The van der Waals surface area contributed by atoms with Crippen molar-refractivity contribution in [2.24, 2.45) is 15.4 Å². The van der Waals surface area contributed by atoms with E-state index < -0.39 is 10.0 Å². The molecule has 116 valence electrons. The third-order valence-corrected chi connectivity index (χ3v) is 4.27. The number of aromatic hydroxyl groups is 1. The van der Waals surface area contributed by atoms with Gasteiger partial charge in [-0.15, -0.1) is 10.2 Å². The molecular weight excluding hydrogens is 314 g/mol. The number of sulfonamides is 1. The van der Waals surface area contributed by atoms with E-state index in [9.17, 15) is 13.5 Å². The van der Waals surface area contributed by atoms with Gasteiger partial charge in [-0.25, -0.2) is 13.6 Å². The van der Waals surface area contributed by atoms with Crippen LogP contribution in [0.25, 0.3) is 10.8 Å². The standard InChI is InChI=1S/C16H13N3O3S/c17-23(21,22)15-8-4-3-7-13(15)18-19-16-12-6-2-1-5-11(12)9-10-14(16)20/h1-10,20H,(H2,17,21,22). The van der Waals surface area contributed by atoms with Gasteiger partial charge in [-0.2, -0.15) is 0 Å². The van der Waals surface area contributed by atoms with Crippen molar-refractivity contribution in [3.05, 3.63) is 60.7 Å². The SMILES string of the molecule is NS(=O)(=O)c1ccccc1N=Nc1c(O)ccc2ccccc12. The smallest absolute Gasteiger partial charge is 0.240 e. The fourth-order valence-electron chi connectivity index (χ4n) is 2.23. The van der Waals surface area contributed by atoms with E-state index in [4.69, 9.17) is 5.14 Å². The van der Waals surface area contributed by atoms with Gasteiger partial charge in [0.2, 0.25) is 10.0 Å². The average molecular weight is 327 g/mol. The van der Waals surface area contributed by atoms with Crippen molar-refractivity contribution in [1.82, 2.24) is 0 Å². The molecule has 0 aromatic heterocycles. The molecule has 0 spiro atoms. The number of azo groups is 1. The maximum Gasteiger partial charge on any atom is 0.240 e. The second-order valence-electron chi connectivity index (χ2n) is 4.87. The van der Waals surface area contributed by atoms with Crippen LogP contribution in [0.15, 0.2) is 75.8 Å². The summed E-state index contributed by atoms with van der Waals surface area (Å²) in [7, 11) is -3.91. The highest BCUT2D eigenvalue weighted by molar-refractivity contribution is 7.89. The van der Waals surface area contributed by atoms with E-state index in [0.29, 0.717) is 5.39 Å². The van der Waals surface area contributed by atoms with Gasteiger partial charge >= 0.3 is 0 Å². The fraction of sp³-hybridized carbons (Fsp3) is 0. The van der Waals surface area contributed by atoms with Crippen LogP contribution in [-0.2, 0) is 10.0 Å². The van der Waals surface area contributed by atoms with Crippen LogP contribution in [0.5, 0.6) is 5.75 Å². The summed E-state index contributed by atoms with van der Waals surface area (Å²) in [4.78, 5) is -0.122. The molecule has 3 N–H and O–H groups in total. The molecule has 0 heterocycles. The van der Waals surface area contributed by atoms with Crippen LogP contribution in [0.3, 0.4) is 0 Å². The van der Waals surface area contributed by atoms with Gasteiger partial charge in [0.15, 0.2) is 0 Å². The molecule has 3 aromatic carbocycles. The van der Waals surface area contributed by atoms with Crippen LogP contribution in [-0.4, -0.2) is 13.5 Å². The molecule has 0 amide bonds. The number of hydrogen-bond acceptors (Lipinski definition) is 5. The maximum atomic E-state index is 11.6. The molecule has 0 aliphatic rings. The first kappa shape index (κ1) is 15.1. The van der Waals surface area contributed by atoms with Gasteiger partial charge in [-0.3, -0.25) is 0 Å². The molecule has 0 bridgehead atoms. The highest BCUT2D eigenvalue weighted by atomic mass is 32.2. The van der Waals surface area contributed by atoms with Crippen LogP contribution in [0.2, 0.25) is 0 Å². The predicted octanol–water partition coefficient (Wildman–Crippen LogP) is 3.61. The number of phenols is 1. The number of fused-ring (bicyclic) bond motifs is 1. The minimum atomic E-state index is -3.91. The van der Waals surface area contributed by atoms with Crippen LogP contribution in [0.4, 0.5) is 11.4 Å². The first-order valence-corrected chi connectivity index (χ1v) is 8.26. The zero-order valence-electron chi connectivity index (χ0n) is 11.9. The largest absolute Gasteiger partial charge is 0.506 e. The van der Waals surface area contributed by atoms with Crippen molar-refractivity contribution < 1.29 is 13.5 Å². The summed E-state index contributed by atoms with van der Waals surface area (Å²) in [5.74, 6) is -0.0412. The minimum Gasteiger partial charge on any atom is -0.506 e. The van der Waals surface area contributed by atoms with E-state index in [1.807, 2.05) is 18.2 Å². The Morgan fingerprint density at radius 1 is 0.870 bits per heavy atom. The highest BCUT2D eigenvalue weighted by Gasteiger charge is 2.13. The Kier molecular flexibility index (Phi) is 3.81. The van der Waals surface area contributed by atoms with Crippen molar-refractivity contribution in [3.63, 3.8) is 0 Å². The summed E-state index contributed by atoms with van der Waals surface area (Å²) in [6.45, 7) is 0. The molecule has 0 atom stereocenters. The lowest BCUT2D eigenvalue weighted by Gasteiger charge is -2.04. The lowest BCUT2D eigenvalue weighted by molar-refractivity contribution is 0.477. The third-order valence-electron chi connectivity index (χ3n) is 3.31. The van der Waals surface area contributed by atoms with Crippen LogP contribution in [0, 0.1) is 0 Å². The first-order chi connectivity index (χ1) is 11.0. The average Bonchev–Trinajstić information content (AvgIpc) is 2.53. The van der Waals surface area contributed by atoms with E-state index in [1.54, 1.807) is 24.3 Å². The molecule has 23 heavy (non-hydrogen) atoms. The second kappa shape index (κ2) is 5.79. The van der Waals surface area contributed by atoms with Gasteiger partial charge < -0.3 is 5.11 Å². The number of nitrogens with two attached hydrogens (primary N) is 1. The normalized spacial score (nSPS) is 12.0. The summed E-state index contributed by atoms with van der Waals surface area (Å²) in [6, 6.07) is 16.7. The van der Waals surface area contributed by atoms with Crippen molar-refractivity contribution in [3.8, 4) is 5.75 Å². The summed E-state index contributed by atoms with van der Waals surface area (Å²) in [5, 5.41) is 24.8. The molecular formula is C16H13N3O3S. The van der Waals surface area contributed by atoms with Gasteiger partial charge in [0, 0.05) is 5.39 Å². The summed E-state index contributed by atoms with van der Waals surface area (Å²) < 4.78 is 23.1. The molecule has 0 fully saturated rings. The zero-order valence-corrected chi connectivity index (χ0v) is 12.7. The molecule has 0 aliphatic carbocycles. The summed E-state index contributed by atoms with van der Waals surface area (Å²) in [5.41, 5.74) is 0.384. The van der Waals surface area contributed by atoms with Crippen molar-refractivity contribution in [1.29, 1.82) is 0 Å². The Morgan fingerprint density at radius 3 is 2.35 bits per heavy atom. The zero-order chi connectivity index (χ0) is 16.4. The van der Waals surface area contributed by atoms with Crippen molar-refractivity contribution >= 4 is 32.2 Å². The highest BCUT2D eigenvalue weighted by Crippen LogP contribution is 2.36. The number of primary sulfonamides is 1. The topological polar surface area (TPSA) is 105 Å². The van der Waals surface area contributed by atoms with Crippen LogP contribution in [0.1, 0.15) is 0 Å². The van der Waals surface area contributed by atoms with Crippen LogP contribution >= 0.6 is 0 Å². The number of phenolic OH excluding ortho intramolecular Hbond substituents is 1. The Bertz CT molecular complexity index is 1010. The fourth-order valence-corrected chi connectivity index (χ4v) is 2.90. The van der Waals surface area contributed by atoms with E-state index in [0.717, 1.165) is 5.39 Å². The number of benzene rings is 3. The van der Waals surface area contributed by atoms with Crippen molar-refractivity contribution in [2.75, 3.05) is 0 Å². The maximum absolute atomic E-state index is 11.6. The lowest BCUT2D eigenvalue weighted by Crippen LogP contribution is -2.12. The first-order valence-electron chi connectivity index (χ1n) is 6.71. The molecule has 0 radical (unpaired) electrons. The molecule has 6 nitrogen and oxygen atoms in total. The van der Waals surface area contributed by atoms with Gasteiger partial charge in [0.05, 0.1) is 0 Å². The van der Waals surface area contributed by atoms with Gasteiger partial charge in [-0.1, -0.05) is 42.5 Å². The molecule has 3 rings (SSSR count). The quantitative estimate of drug-likeness (QED) is 0.718. The van der Waals surface area contributed by atoms with Crippen LogP contribution < -0.4 is 5.14 Å². The molecule has 0 unspecified atom stereocenters. The van der Waals surface area contributed by atoms with Gasteiger partial charge in [0.25, 0.3) is 0 Å². The Balaban J connectivity index is 2.14. The van der Waals surface area contributed by atoms with Gasteiger partial charge in [0.1, 0.15) is 22.0 Å². The molecule has 0 saturated heterocycles. The van der Waals surface area contributed by atoms with E-state index in [-0.39, 0.29) is 22.0 Å². The van der Waals surface area contributed by atoms with E-state index in [1.165, 1.54) is 18.2 Å². The Morgan fingerprint density at radius 2 is 1.57 bits per heavy atom. The van der Waals surface area contributed by atoms with Crippen molar-refractivity contribution in [2.45, 2.75) is 4.90 Å². The van der Waals surface area contributed by atoms with E-state index in [2.05, 4.69) is 10.2 Å². The lowest BCUT2D eigenvalue weighted by atomic mass is 10.1. The second-order valence-corrected chi connectivity index (χ2v) is 6.40. The summed E-state index contributed by atoms with van der Waals surface area (Å²) in [6.07, 6.45) is 0. The molecule has 0 saturated carbocycles. The predicted molar refractivity (Wildman–Crippen MR) is 87.6 cm³/mol. The monoisotopic (exact) mass is 327 g/mol. The minimum absolute atomic E-state index is 0.0412.